The Balaban J connectivity index is 1.64. The van der Waals surface area contributed by atoms with Crippen LogP contribution in [0, 0.1) is 28.6 Å². The predicted molar refractivity (Wildman–Crippen MR) is 99.7 cm³/mol. The molecule has 0 spiro atoms. The van der Waals surface area contributed by atoms with Gasteiger partial charge in [0.05, 0.1) is 0 Å². The molecular formula is C21H29BrO2. The van der Waals surface area contributed by atoms with Crippen LogP contribution >= 0.6 is 15.9 Å². The molecule has 6 unspecified atom stereocenters. The van der Waals surface area contributed by atoms with Crippen molar-refractivity contribution in [1.29, 1.82) is 0 Å². The van der Waals surface area contributed by atoms with Crippen LogP contribution in [-0.4, -0.2) is 12.1 Å². The molecule has 0 aromatic heterocycles. The van der Waals surface area contributed by atoms with Gasteiger partial charge in [0.25, 0.3) is 0 Å². The van der Waals surface area contributed by atoms with Crippen LogP contribution in [0.5, 0.6) is 0 Å². The van der Waals surface area contributed by atoms with Crippen LogP contribution < -0.4 is 0 Å². The number of esters is 1. The standard InChI is InChI=1S/C21H29BrO2/c1-13(23)24-19-7-6-17-16-5-4-14-12-15(22)8-10-20(14,2)18(16)9-11-21(17,19)3/h4,12,16-19H,5-11H2,1-3H3. The van der Waals surface area contributed by atoms with Gasteiger partial charge in [-0.05, 0) is 84.2 Å². The lowest BCUT2D eigenvalue weighted by Crippen LogP contribution is -2.50. The van der Waals surface area contributed by atoms with Gasteiger partial charge in [-0.1, -0.05) is 35.9 Å². The molecule has 24 heavy (non-hydrogen) atoms. The lowest BCUT2D eigenvalue weighted by atomic mass is 9.49. The number of ether oxygens (including phenoxy) is 1. The molecular weight excluding hydrogens is 364 g/mol. The number of rotatable bonds is 1. The average Bonchev–Trinajstić information content (AvgIpc) is 2.84. The van der Waals surface area contributed by atoms with Gasteiger partial charge >= 0.3 is 5.97 Å². The van der Waals surface area contributed by atoms with E-state index in [0.29, 0.717) is 11.3 Å². The summed E-state index contributed by atoms with van der Waals surface area (Å²) >= 11 is 3.72. The molecule has 0 N–H and O–H groups in total. The van der Waals surface area contributed by atoms with Crippen molar-refractivity contribution in [2.24, 2.45) is 28.6 Å². The molecule has 6 atom stereocenters. The fourth-order valence-corrected chi connectivity index (χ4v) is 7.08. The fraction of sp³-hybridized carbons (Fsp3) is 0.762. The van der Waals surface area contributed by atoms with Crippen molar-refractivity contribution in [3.8, 4) is 0 Å². The largest absolute Gasteiger partial charge is 0.462 e. The van der Waals surface area contributed by atoms with Gasteiger partial charge in [-0.15, -0.1) is 0 Å². The Hall–Kier alpha value is -0.570. The summed E-state index contributed by atoms with van der Waals surface area (Å²) in [5, 5.41) is 0. The van der Waals surface area contributed by atoms with Crippen LogP contribution in [-0.2, 0) is 9.53 Å². The van der Waals surface area contributed by atoms with Gasteiger partial charge in [-0.2, -0.15) is 0 Å². The molecule has 0 aliphatic heterocycles. The van der Waals surface area contributed by atoms with Gasteiger partial charge in [0, 0.05) is 12.3 Å². The quantitative estimate of drug-likeness (QED) is 0.529. The van der Waals surface area contributed by atoms with Crippen LogP contribution in [0.15, 0.2) is 22.2 Å². The average molecular weight is 393 g/mol. The van der Waals surface area contributed by atoms with Gasteiger partial charge in [0.2, 0.25) is 0 Å². The number of hydrogen-bond acceptors (Lipinski definition) is 2. The molecule has 2 fully saturated rings. The van der Waals surface area contributed by atoms with E-state index in [-0.39, 0.29) is 17.5 Å². The van der Waals surface area contributed by atoms with Crippen molar-refractivity contribution in [2.45, 2.75) is 71.8 Å². The third-order valence-electron chi connectivity index (χ3n) is 7.94. The van der Waals surface area contributed by atoms with Crippen LogP contribution in [0.1, 0.15) is 65.7 Å². The number of halogens is 1. The van der Waals surface area contributed by atoms with Crippen molar-refractivity contribution in [1.82, 2.24) is 0 Å². The summed E-state index contributed by atoms with van der Waals surface area (Å²) in [7, 11) is 0. The zero-order valence-corrected chi connectivity index (χ0v) is 16.7. The highest BCUT2D eigenvalue weighted by Gasteiger charge is 2.59. The maximum atomic E-state index is 11.5. The lowest BCUT2D eigenvalue weighted by Gasteiger charge is -2.56. The zero-order chi connectivity index (χ0) is 17.1. The Morgan fingerprint density at radius 3 is 2.75 bits per heavy atom. The molecule has 0 aromatic carbocycles. The highest BCUT2D eigenvalue weighted by molar-refractivity contribution is 9.11. The third kappa shape index (κ3) is 2.37. The van der Waals surface area contributed by atoms with Crippen molar-refractivity contribution < 1.29 is 9.53 Å². The van der Waals surface area contributed by atoms with Crippen molar-refractivity contribution >= 4 is 21.9 Å². The molecule has 0 radical (unpaired) electrons. The first-order valence-electron chi connectivity index (χ1n) is 9.58. The van der Waals surface area contributed by atoms with Crippen LogP contribution in [0.25, 0.3) is 0 Å². The monoisotopic (exact) mass is 392 g/mol. The summed E-state index contributed by atoms with van der Waals surface area (Å²) in [4.78, 5) is 11.5. The van der Waals surface area contributed by atoms with E-state index >= 15 is 0 Å². The Morgan fingerprint density at radius 2 is 2.00 bits per heavy atom. The van der Waals surface area contributed by atoms with E-state index in [9.17, 15) is 4.79 Å². The lowest BCUT2D eigenvalue weighted by molar-refractivity contribution is -0.156. The number of fused-ring (bicyclic) bond motifs is 5. The number of allylic oxidation sites excluding steroid dienone is 4. The van der Waals surface area contributed by atoms with Gasteiger partial charge in [0.15, 0.2) is 0 Å². The van der Waals surface area contributed by atoms with Gasteiger partial charge < -0.3 is 4.74 Å². The van der Waals surface area contributed by atoms with Crippen molar-refractivity contribution in [3.05, 3.63) is 22.2 Å². The first-order valence-corrected chi connectivity index (χ1v) is 10.4. The summed E-state index contributed by atoms with van der Waals surface area (Å²) < 4.78 is 7.10. The van der Waals surface area contributed by atoms with E-state index in [1.807, 2.05) is 0 Å². The Bertz CT molecular complexity index is 621. The summed E-state index contributed by atoms with van der Waals surface area (Å²) in [5.74, 6) is 2.17. The minimum Gasteiger partial charge on any atom is -0.462 e. The topological polar surface area (TPSA) is 26.3 Å². The van der Waals surface area contributed by atoms with Gasteiger partial charge in [-0.25, -0.2) is 0 Å². The molecule has 2 nitrogen and oxygen atoms in total. The second-order valence-corrected chi connectivity index (χ2v) is 10.0. The van der Waals surface area contributed by atoms with E-state index < -0.39 is 0 Å². The predicted octanol–water partition coefficient (Wildman–Crippen LogP) is 5.77. The van der Waals surface area contributed by atoms with E-state index in [1.54, 1.807) is 12.5 Å². The van der Waals surface area contributed by atoms with Crippen LogP contribution in [0.4, 0.5) is 0 Å². The van der Waals surface area contributed by atoms with Gasteiger partial charge in [0.1, 0.15) is 6.10 Å². The molecule has 0 bridgehead atoms. The summed E-state index contributed by atoms with van der Waals surface area (Å²) in [6.07, 6.45) is 13.5. The number of hydrogen-bond donors (Lipinski definition) is 0. The zero-order valence-electron chi connectivity index (χ0n) is 15.1. The van der Waals surface area contributed by atoms with E-state index in [1.165, 1.54) is 43.0 Å². The van der Waals surface area contributed by atoms with Crippen LogP contribution in [0.3, 0.4) is 0 Å². The Morgan fingerprint density at radius 1 is 1.21 bits per heavy atom. The minimum absolute atomic E-state index is 0.107. The number of carbonyl (C=O) groups is 1. The molecule has 4 aliphatic rings. The maximum absolute atomic E-state index is 11.5. The summed E-state index contributed by atoms with van der Waals surface area (Å²) in [6.45, 7) is 6.46. The molecule has 4 aliphatic carbocycles. The summed E-state index contributed by atoms with van der Waals surface area (Å²) in [6, 6.07) is 0. The normalized spacial score (nSPS) is 47.0. The molecule has 0 saturated heterocycles. The molecule has 0 amide bonds. The van der Waals surface area contributed by atoms with Crippen LogP contribution in [0.2, 0.25) is 0 Å². The smallest absolute Gasteiger partial charge is 0.302 e. The third-order valence-corrected chi connectivity index (χ3v) is 8.57. The molecule has 0 heterocycles. The SMILES string of the molecule is CC(=O)OC1CCC2C3CC=C4C=C(Br)CCC4(C)C3CCC12C. The second-order valence-electron chi connectivity index (χ2n) is 9.00. The Kier molecular flexibility index (Phi) is 4.02. The second kappa shape index (κ2) is 5.72. The Labute approximate surface area is 154 Å². The first-order chi connectivity index (χ1) is 11.3. The van der Waals surface area contributed by atoms with Crippen molar-refractivity contribution in [3.63, 3.8) is 0 Å². The molecule has 3 heteroatoms. The van der Waals surface area contributed by atoms with Crippen molar-refractivity contribution in [2.75, 3.05) is 0 Å². The van der Waals surface area contributed by atoms with E-state index in [4.69, 9.17) is 4.74 Å². The molecule has 132 valence electrons. The molecule has 0 aromatic rings. The van der Waals surface area contributed by atoms with E-state index in [2.05, 4.69) is 41.9 Å². The fourth-order valence-electron chi connectivity index (χ4n) is 6.64. The molecule has 4 rings (SSSR count). The first kappa shape index (κ1) is 16.9. The van der Waals surface area contributed by atoms with Gasteiger partial charge in [-0.3, -0.25) is 4.79 Å². The number of carbonyl (C=O) groups excluding carboxylic acids is 1. The molecule has 2 saturated carbocycles. The highest BCUT2D eigenvalue weighted by Crippen LogP contribution is 2.65. The van der Waals surface area contributed by atoms with E-state index in [0.717, 1.165) is 18.3 Å². The summed E-state index contributed by atoms with van der Waals surface area (Å²) in [5.41, 5.74) is 2.11. The highest BCUT2D eigenvalue weighted by atomic mass is 79.9. The maximum Gasteiger partial charge on any atom is 0.302 e. The minimum atomic E-state index is -0.107.